The average molecular weight is 487 g/mol. The highest BCUT2D eigenvalue weighted by Gasteiger charge is 2.16. The van der Waals surface area contributed by atoms with Gasteiger partial charge in [-0.25, -0.2) is 9.37 Å². The number of fused-ring (bicyclic) bond motifs is 1. The van der Waals surface area contributed by atoms with Crippen LogP contribution in [-0.2, 0) is 4.79 Å². The van der Waals surface area contributed by atoms with Crippen molar-refractivity contribution >= 4 is 40.0 Å². The first kappa shape index (κ1) is 23.1. The van der Waals surface area contributed by atoms with E-state index < -0.39 is 5.56 Å². The van der Waals surface area contributed by atoms with Gasteiger partial charge in [-0.2, -0.15) is 9.97 Å². The summed E-state index contributed by atoms with van der Waals surface area (Å²) in [6, 6.07) is 11.9. The molecule has 1 fully saturated rings. The van der Waals surface area contributed by atoms with Gasteiger partial charge in [-0.15, -0.1) is 0 Å². The van der Waals surface area contributed by atoms with Crippen molar-refractivity contribution < 1.29 is 9.18 Å². The quantitative estimate of drug-likeness (QED) is 0.356. The summed E-state index contributed by atoms with van der Waals surface area (Å²) in [5.74, 6) is -0.506. The summed E-state index contributed by atoms with van der Waals surface area (Å²) >= 11 is 0. The van der Waals surface area contributed by atoms with E-state index in [1.807, 2.05) is 4.90 Å². The molecule has 5 rings (SSSR count). The molecule has 0 unspecified atom stereocenters. The lowest BCUT2D eigenvalue weighted by Gasteiger charge is -2.29. The molecule has 1 amide bonds. The first-order chi connectivity index (χ1) is 17.5. The Labute approximate surface area is 205 Å². The molecule has 3 heterocycles. The van der Waals surface area contributed by atoms with Gasteiger partial charge in [0.15, 0.2) is 5.65 Å². The van der Waals surface area contributed by atoms with E-state index in [1.54, 1.807) is 41.0 Å². The number of nitrogens with one attached hydrogen (secondary N) is 3. The van der Waals surface area contributed by atoms with Crippen LogP contribution in [0.5, 0.6) is 0 Å². The Hall–Kier alpha value is -4.64. The number of halogens is 1. The molecule has 0 saturated carbocycles. The lowest BCUT2D eigenvalue weighted by molar-refractivity contribution is -0.111. The first-order valence-electron chi connectivity index (χ1n) is 11.3. The van der Waals surface area contributed by atoms with Crippen molar-refractivity contribution in [2.75, 3.05) is 41.7 Å². The predicted octanol–water partition coefficient (Wildman–Crippen LogP) is 2.59. The second-order valence-corrected chi connectivity index (χ2v) is 8.12. The molecule has 2 aromatic carbocycles. The van der Waals surface area contributed by atoms with Gasteiger partial charge in [0.2, 0.25) is 11.9 Å². The molecule has 3 N–H and O–H groups in total. The molecule has 11 heteroatoms. The van der Waals surface area contributed by atoms with Crippen LogP contribution in [0.25, 0.3) is 16.7 Å². The van der Waals surface area contributed by atoms with Gasteiger partial charge in [0.25, 0.3) is 5.56 Å². The van der Waals surface area contributed by atoms with Gasteiger partial charge in [0.1, 0.15) is 17.5 Å². The second-order valence-electron chi connectivity index (χ2n) is 8.12. The van der Waals surface area contributed by atoms with Crippen LogP contribution < -0.4 is 26.4 Å². The monoisotopic (exact) mass is 486 g/mol. The molecule has 182 valence electrons. The summed E-state index contributed by atoms with van der Waals surface area (Å²) in [6.07, 6.45) is 3.91. The summed E-state index contributed by atoms with van der Waals surface area (Å²) in [7, 11) is 0. The molecule has 0 aliphatic carbocycles. The van der Waals surface area contributed by atoms with Crippen LogP contribution in [0.1, 0.15) is 0 Å². The number of hydrogen-bond acceptors (Lipinski definition) is 8. The number of amides is 1. The Balaban J connectivity index is 1.47. The Bertz CT molecular complexity index is 1510. The first-order valence-corrected chi connectivity index (χ1v) is 11.3. The zero-order chi connectivity index (χ0) is 25.1. The van der Waals surface area contributed by atoms with Crippen LogP contribution in [-0.4, -0.2) is 51.6 Å². The molecular weight excluding hydrogens is 463 g/mol. The molecule has 0 spiro atoms. The van der Waals surface area contributed by atoms with E-state index in [9.17, 15) is 14.0 Å². The molecule has 0 bridgehead atoms. The summed E-state index contributed by atoms with van der Waals surface area (Å²) in [5, 5.41) is 9.18. The largest absolute Gasteiger partial charge is 0.367 e. The van der Waals surface area contributed by atoms with Gasteiger partial charge in [0.05, 0.1) is 11.4 Å². The molecule has 1 saturated heterocycles. The summed E-state index contributed by atoms with van der Waals surface area (Å²) in [5.41, 5.74) is 2.00. The summed E-state index contributed by atoms with van der Waals surface area (Å²) in [4.78, 5) is 38.7. The number of carbonyl (C=O) groups is 1. The number of nitrogens with zero attached hydrogens (tertiary/aromatic N) is 5. The maximum Gasteiger partial charge on any atom is 0.283 e. The van der Waals surface area contributed by atoms with E-state index in [0.717, 1.165) is 26.2 Å². The van der Waals surface area contributed by atoms with Crippen molar-refractivity contribution in [3.05, 3.63) is 83.8 Å². The van der Waals surface area contributed by atoms with Crippen LogP contribution in [0, 0.1) is 5.82 Å². The van der Waals surface area contributed by atoms with Crippen molar-refractivity contribution in [3.63, 3.8) is 0 Å². The number of anilines is 4. The number of hydrogen-bond donors (Lipinski definition) is 3. The maximum absolute atomic E-state index is 14.8. The van der Waals surface area contributed by atoms with Crippen molar-refractivity contribution in [1.29, 1.82) is 0 Å². The van der Waals surface area contributed by atoms with E-state index in [1.165, 1.54) is 24.7 Å². The number of aromatic nitrogens is 4. The second kappa shape index (κ2) is 9.92. The minimum atomic E-state index is -0.477. The van der Waals surface area contributed by atoms with Crippen molar-refractivity contribution in [2.45, 2.75) is 0 Å². The molecule has 4 aromatic rings. The van der Waals surface area contributed by atoms with E-state index in [4.69, 9.17) is 0 Å². The van der Waals surface area contributed by atoms with Crippen molar-refractivity contribution in [3.8, 4) is 5.69 Å². The van der Waals surface area contributed by atoms with Crippen LogP contribution in [0.4, 0.5) is 27.4 Å². The third kappa shape index (κ3) is 4.77. The lowest BCUT2D eigenvalue weighted by Crippen LogP contribution is -2.43. The minimum Gasteiger partial charge on any atom is -0.367 e. The van der Waals surface area contributed by atoms with Crippen molar-refractivity contribution in [1.82, 2.24) is 24.8 Å². The van der Waals surface area contributed by atoms with Crippen LogP contribution in [0.3, 0.4) is 0 Å². The predicted molar refractivity (Wildman–Crippen MR) is 137 cm³/mol. The number of carbonyl (C=O) groups excluding carboxylic acids is 1. The van der Waals surface area contributed by atoms with Gasteiger partial charge < -0.3 is 20.9 Å². The maximum atomic E-state index is 14.8. The average Bonchev–Trinajstić information content (AvgIpc) is 2.89. The summed E-state index contributed by atoms with van der Waals surface area (Å²) in [6.45, 7) is 6.55. The standard InChI is InChI=1S/C25H23FN8O2/c1-2-22(35)30-16-4-3-5-18(12-16)34-15-29-24(36)19-14-28-25(32-23(19)34)31-17-6-7-21(20(26)13-17)33-10-8-27-9-11-33/h2-7,12-15,27H,1,8-11H2,(H,30,35)(H,28,31,32). The number of piperazine rings is 1. The Morgan fingerprint density at radius 2 is 1.94 bits per heavy atom. The highest BCUT2D eigenvalue weighted by Crippen LogP contribution is 2.25. The fraction of sp³-hybridized carbons (Fsp3) is 0.160. The molecule has 0 radical (unpaired) electrons. The SMILES string of the molecule is C=CC(=O)Nc1cccc(-n2cnc(=O)c3cnc(Nc4ccc(N5CCNCC5)c(F)c4)nc32)c1. The molecular formula is C25H23FN8O2. The highest BCUT2D eigenvalue weighted by atomic mass is 19.1. The Kier molecular flexibility index (Phi) is 6.37. The topological polar surface area (TPSA) is 117 Å². The van der Waals surface area contributed by atoms with Gasteiger partial charge in [0, 0.05) is 43.8 Å². The van der Waals surface area contributed by atoms with E-state index in [2.05, 4.69) is 37.5 Å². The van der Waals surface area contributed by atoms with Crippen molar-refractivity contribution in [2.24, 2.45) is 0 Å². The van der Waals surface area contributed by atoms with E-state index in [0.29, 0.717) is 28.4 Å². The zero-order valence-electron chi connectivity index (χ0n) is 19.2. The van der Waals surface area contributed by atoms with Crippen LogP contribution in [0.15, 0.2) is 72.4 Å². The lowest BCUT2D eigenvalue weighted by atomic mass is 10.2. The molecule has 0 atom stereocenters. The van der Waals surface area contributed by atoms with Crippen LogP contribution in [0.2, 0.25) is 0 Å². The third-order valence-electron chi connectivity index (χ3n) is 5.76. The van der Waals surface area contributed by atoms with E-state index >= 15 is 0 Å². The van der Waals surface area contributed by atoms with Crippen LogP contribution >= 0.6 is 0 Å². The molecule has 36 heavy (non-hydrogen) atoms. The van der Waals surface area contributed by atoms with E-state index in [-0.39, 0.29) is 23.1 Å². The van der Waals surface area contributed by atoms with Gasteiger partial charge in [-0.3, -0.25) is 14.2 Å². The van der Waals surface area contributed by atoms with Gasteiger partial charge in [-0.05, 0) is 42.5 Å². The molecule has 1 aliphatic heterocycles. The Morgan fingerprint density at radius 3 is 2.72 bits per heavy atom. The minimum absolute atomic E-state index is 0.187. The zero-order valence-corrected chi connectivity index (χ0v) is 19.2. The molecule has 10 nitrogen and oxygen atoms in total. The Morgan fingerprint density at radius 1 is 1.11 bits per heavy atom. The highest BCUT2D eigenvalue weighted by molar-refractivity contribution is 5.99. The third-order valence-corrected chi connectivity index (χ3v) is 5.76. The normalized spacial score (nSPS) is 13.4. The number of benzene rings is 2. The molecule has 2 aromatic heterocycles. The fourth-order valence-electron chi connectivity index (χ4n) is 3.99. The van der Waals surface area contributed by atoms with Gasteiger partial charge >= 0.3 is 0 Å². The summed E-state index contributed by atoms with van der Waals surface area (Å²) < 4.78 is 16.5. The number of rotatable bonds is 6. The van der Waals surface area contributed by atoms with Gasteiger partial charge in [-0.1, -0.05) is 12.6 Å². The smallest absolute Gasteiger partial charge is 0.283 e. The molecule has 1 aliphatic rings. The fourth-order valence-corrected chi connectivity index (χ4v) is 3.99.